The minimum atomic E-state index is -1.82. The topological polar surface area (TPSA) is 90.2 Å². The lowest BCUT2D eigenvalue weighted by Crippen LogP contribution is -2.21. The summed E-state index contributed by atoms with van der Waals surface area (Å²) in [5.41, 5.74) is 1.32. The average molecular weight is 373 g/mol. The molecule has 2 aliphatic heterocycles. The van der Waals surface area contributed by atoms with Crippen LogP contribution in [0.5, 0.6) is 0 Å². The van der Waals surface area contributed by atoms with E-state index in [0.29, 0.717) is 6.04 Å². The molecule has 3 rings (SSSR count). The molecule has 8 heteroatoms. The molecule has 1 unspecified atom stereocenters. The van der Waals surface area contributed by atoms with Gasteiger partial charge in [-0.3, -0.25) is 4.99 Å². The van der Waals surface area contributed by atoms with E-state index in [9.17, 15) is 0 Å². The van der Waals surface area contributed by atoms with Gasteiger partial charge in [0.25, 0.3) is 0 Å². The van der Waals surface area contributed by atoms with Crippen LogP contribution in [-0.4, -0.2) is 51.1 Å². The maximum Gasteiger partial charge on any atom is 0.414 e. The molecule has 6 nitrogen and oxygen atoms in total. The van der Waals surface area contributed by atoms with Gasteiger partial charge in [0.05, 0.1) is 6.04 Å². The Balaban J connectivity index is 0.000000232. The molecule has 0 bridgehead atoms. The van der Waals surface area contributed by atoms with Crippen molar-refractivity contribution in [3.05, 3.63) is 34.3 Å². The molecule has 0 amide bonds. The highest BCUT2D eigenvalue weighted by atomic mass is 79.9. The third-order valence-electron chi connectivity index (χ3n) is 2.96. The summed E-state index contributed by atoms with van der Waals surface area (Å²) < 4.78 is 1.13. The molecule has 1 aromatic rings. The monoisotopic (exact) mass is 372 g/mol. The third kappa shape index (κ3) is 4.21. The van der Waals surface area contributed by atoms with Crippen LogP contribution in [0, 0.1) is 0 Å². The van der Waals surface area contributed by atoms with E-state index in [-0.39, 0.29) is 0 Å². The predicted molar refractivity (Wildman–Crippen MR) is 83.6 cm³/mol. The van der Waals surface area contributed by atoms with E-state index in [4.69, 9.17) is 24.8 Å². The van der Waals surface area contributed by atoms with Gasteiger partial charge in [0.15, 0.2) is 5.17 Å². The van der Waals surface area contributed by atoms with E-state index < -0.39 is 11.9 Å². The van der Waals surface area contributed by atoms with E-state index in [2.05, 4.69) is 45.1 Å². The van der Waals surface area contributed by atoms with E-state index in [1.807, 2.05) is 11.8 Å². The first-order valence-electron chi connectivity index (χ1n) is 6.14. The minimum absolute atomic E-state index is 0.348. The molecule has 0 saturated carbocycles. The SMILES string of the molecule is Brc1ccc(C2CN3CCSC3=N2)cc1.O=C(O)C(=O)O. The van der Waals surface area contributed by atoms with Crippen LogP contribution in [0.3, 0.4) is 0 Å². The molecule has 1 fully saturated rings. The second-order valence-corrected chi connectivity index (χ2v) is 6.36. The second kappa shape index (κ2) is 6.95. The maximum atomic E-state index is 9.10. The van der Waals surface area contributed by atoms with Gasteiger partial charge in [-0.2, -0.15) is 0 Å². The lowest BCUT2D eigenvalue weighted by Gasteiger charge is -2.12. The molecule has 0 aromatic heterocycles. The molecular weight excluding hydrogens is 360 g/mol. The number of thioether (sulfide) groups is 1. The van der Waals surface area contributed by atoms with Crippen LogP contribution in [0.4, 0.5) is 0 Å². The van der Waals surface area contributed by atoms with Crippen LogP contribution < -0.4 is 0 Å². The van der Waals surface area contributed by atoms with E-state index in [0.717, 1.165) is 17.6 Å². The van der Waals surface area contributed by atoms with Gasteiger partial charge in [-0.25, -0.2) is 9.59 Å². The standard InChI is InChI=1S/C11H11BrN2S.C2H2O4/c12-9-3-1-8(2-4-9)10-7-14-5-6-15-11(14)13-10;3-1(4)2(5)6/h1-4,10H,5-7H2;(H,3,4)(H,5,6). The van der Waals surface area contributed by atoms with Crippen molar-refractivity contribution >= 4 is 44.8 Å². The van der Waals surface area contributed by atoms with Crippen molar-refractivity contribution in [2.45, 2.75) is 6.04 Å². The molecule has 2 heterocycles. The first-order chi connectivity index (χ1) is 9.97. The number of fused-ring (bicyclic) bond motifs is 1. The Bertz CT molecular complexity index is 564. The number of carboxylic acid groups (broad SMARTS) is 2. The van der Waals surface area contributed by atoms with Crippen molar-refractivity contribution in [1.29, 1.82) is 0 Å². The molecule has 1 saturated heterocycles. The first kappa shape index (κ1) is 15.8. The molecule has 0 spiro atoms. The Morgan fingerprint density at radius 1 is 1.24 bits per heavy atom. The van der Waals surface area contributed by atoms with Crippen molar-refractivity contribution < 1.29 is 19.8 Å². The molecule has 0 radical (unpaired) electrons. The largest absolute Gasteiger partial charge is 0.473 e. The van der Waals surface area contributed by atoms with Gasteiger partial charge in [-0.15, -0.1) is 0 Å². The smallest absolute Gasteiger partial charge is 0.414 e. The Kier molecular flexibility index (Phi) is 5.24. The van der Waals surface area contributed by atoms with E-state index in [1.165, 1.54) is 16.5 Å². The average Bonchev–Trinajstić information content (AvgIpc) is 3.01. The molecular formula is C13H13BrN2O4S. The maximum absolute atomic E-state index is 9.10. The quantitative estimate of drug-likeness (QED) is 0.733. The highest BCUT2D eigenvalue weighted by Gasteiger charge is 2.29. The van der Waals surface area contributed by atoms with Crippen LogP contribution in [0.1, 0.15) is 11.6 Å². The molecule has 21 heavy (non-hydrogen) atoms. The minimum Gasteiger partial charge on any atom is -0.473 e. The number of hydrogen-bond donors (Lipinski definition) is 2. The number of halogens is 1. The molecule has 112 valence electrons. The Hall–Kier alpha value is -1.54. The van der Waals surface area contributed by atoms with Gasteiger partial charge in [-0.05, 0) is 17.7 Å². The Morgan fingerprint density at radius 3 is 2.38 bits per heavy atom. The number of amidine groups is 1. The molecule has 2 aliphatic rings. The Labute approximate surface area is 134 Å². The number of aliphatic carboxylic acids is 2. The number of hydrogen-bond acceptors (Lipinski definition) is 5. The van der Waals surface area contributed by atoms with E-state index in [1.54, 1.807) is 0 Å². The van der Waals surface area contributed by atoms with Crippen LogP contribution in [0.25, 0.3) is 0 Å². The summed E-state index contributed by atoms with van der Waals surface area (Å²) in [5.74, 6) is -2.45. The van der Waals surface area contributed by atoms with Crippen molar-refractivity contribution in [2.24, 2.45) is 4.99 Å². The predicted octanol–water partition coefficient (Wildman–Crippen LogP) is 2.06. The summed E-state index contributed by atoms with van der Waals surface area (Å²) >= 11 is 5.33. The number of nitrogens with zero attached hydrogens (tertiary/aromatic N) is 2. The summed E-state index contributed by atoms with van der Waals surface area (Å²) in [6.45, 7) is 2.22. The zero-order valence-electron chi connectivity index (χ0n) is 10.9. The number of aliphatic imine (C=N–C) groups is 1. The van der Waals surface area contributed by atoms with Gasteiger partial charge in [0, 0.05) is 23.3 Å². The second-order valence-electron chi connectivity index (χ2n) is 4.38. The van der Waals surface area contributed by atoms with Crippen LogP contribution in [-0.2, 0) is 9.59 Å². The van der Waals surface area contributed by atoms with Crippen LogP contribution in [0.2, 0.25) is 0 Å². The van der Waals surface area contributed by atoms with Crippen molar-refractivity contribution in [3.8, 4) is 0 Å². The summed E-state index contributed by atoms with van der Waals surface area (Å²) in [7, 11) is 0. The van der Waals surface area contributed by atoms with Crippen molar-refractivity contribution in [2.75, 3.05) is 18.8 Å². The lowest BCUT2D eigenvalue weighted by molar-refractivity contribution is -0.159. The fourth-order valence-electron chi connectivity index (χ4n) is 1.97. The normalized spacial score (nSPS) is 19.4. The zero-order chi connectivity index (χ0) is 15.4. The van der Waals surface area contributed by atoms with Crippen LogP contribution in [0.15, 0.2) is 33.7 Å². The fourth-order valence-corrected chi connectivity index (χ4v) is 3.28. The summed E-state index contributed by atoms with van der Waals surface area (Å²) in [4.78, 5) is 25.3. The van der Waals surface area contributed by atoms with Gasteiger partial charge in [0.1, 0.15) is 0 Å². The van der Waals surface area contributed by atoms with Crippen molar-refractivity contribution in [1.82, 2.24) is 4.90 Å². The van der Waals surface area contributed by atoms with E-state index >= 15 is 0 Å². The molecule has 1 aromatic carbocycles. The van der Waals surface area contributed by atoms with Crippen LogP contribution >= 0.6 is 27.7 Å². The highest BCUT2D eigenvalue weighted by molar-refractivity contribution is 9.10. The number of carboxylic acids is 2. The number of rotatable bonds is 1. The number of benzene rings is 1. The molecule has 1 atom stereocenters. The van der Waals surface area contributed by atoms with Crippen molar-refractivity contribution in [3.63, 3.8) is 0 Å². The molecule has 0 aliphatic carbocycles. The summed E-state index contributed by atoms with van der Waals surface area (Å²) in [6.07, 6.45) is 0. The van der Waals surface area contributed by atoms with Gasteiger partial charge in [-0.1, -0.05) is 39.8 Å². The summed E-state index contributed by atoms with van der Waals surface area (Å²) in [5, 5.41) is 16.0. The first-order valence-corrected chi connectivity index (χ1v) is 7.92. The zero-order valence-corrected chi connectivity index (χ0v) is 13.3. The number of carbonyl (C=O) groups is 2. The third-order valence-corrected chi connectivity index (χ3v) is 4.50. The lowest BCUT2D eigenvalue weighted by atomic mass is 10.1. The highest BCUT2D eigenvalue weighted by Crippen LogP contribution is 2.32. The summed E-state index contributed by atoms with van der Waals surface area (Å²) in [6, 6.07) is 8.84. The Morgan fingerprint density at radius 2 is 1.86 bits per heavy atom. The van der Waals surface area contributed by atoms with Gasteiger partial charge >= 0.3 is 11.9 Å². The van der Waals surface area contributed by atoms with Gasteiger partial charge < -0.3 is 15.1 Å². The van der Waals surface area contributed by atoms with Gasteiger partial charge in [0.2, 0.25) is 0 Å². The molecule has 2 N–H and O–H groups in total. The fraction of sp³-hybridized carbons (Fsp3) is 0.308.